The molecule has 0 aliphatic carbocycles. The van der Waals surface area contributed by atoms with Crippen LogP contribution in [-0.2, 0) is 4.74 Å². The summed E-state index contributed by atoms with van der Waals surface area (Å²) in [4.78, 5) is 36.3. The number of rotatable bonds is 7. The van der Waals surface area contributed by atoms with Crippen LogP contribution in [-0.4, -0.2) is 46.4 Å². The summed E-state index contributed by atoms with van der Waals surface area (Å²) in [5, 5.41) is 4.07. The molecule has 0 bridgehead atoms. The van der Waals surface area contributed by atoms with E-state index in [4.69, 9.17) is 4.74 Å². The zero-order chi connectivity index (χ0) is 21.0. The SMILES string of the molecule is CCOC(=O)c1sc2ncnc(Nc3ccc(C(=O)N(CC)CC)cc3)c2c1C. The lowest BCUT2D eigenvalue weighted by Crippen LogP contribution is -2.30. The van der Waals surface area contributed by atoms with Gasteiger partial charge in [-0.3, -0.25) is 4.79 Å². The summed E-state index contributed by atoms with van der Waals surface area (Å²) in [6.07, 6.45) is 1.47. The summed E-state index contributed by atoms with van der Waals surface area (Å²) in [6, 6.07) is 7.29. The molecule has 1 aromatic carbocycles. The van der Waals surface area contributed by atoms with E-state index >= 15 is 0 Å². The van der Waals surface area contributed by atoms with Crippen molar-refractivity contribution in [2.75, 3.05) is 25.0 Å². The van der Waals surface area contributed by atoms with Crippen LogP contribution in [0.4, 0.5) is 11.5 Å². The fourth-order valence-corrected chi connectivity index (χ4v) is 4.13. The molecule has 0 saturated carbocycles. The van der Waals surface area contributed by atoms with Crippen molar-refractivity contribution in [2.45, 2.75) is 27.7 Å². The third-order valence-corrected chi connectivity index (χ3v) is 5.81. The monoisotopic (exact) mass is 412 g/mol. The minimum Gasteiger partial charge on any atom is -0.462 e. The molecule has 0 aliphatic heterocycles. The van der Waals surface area contributed by atoms with Gasteiger partial charge in [0.25, 0.3) is 5.91 Å². The largest absolute Gasteiger partial charge is 0.462 e. The van der Waals surface area contributed by atoms with Crippen LogP contribution in [0.15, 0.2) is 30.6 Å². The van der Waals surface area contributed by atoms with Gasteiger partial charge in [-0.1, -0.05) is 0 Å². The second-order valence-corrected chi connectivity index (χ2v) is 7.36. The first kappa shape index (κ1) is 20.7. The number of carbonyl (C=O) groups is 2. The molecule has 1 N–H and O–H groups in total. The predicted molar refractivity (Wildman–Crippen MR) is 115 cm³/mol. The Morgan fingerprint density at radius 1 is 1.10 bits per heavy atom. The Balaban J connectivity index is 1.88. The zero-order valence-corrected chi connectivity index (χ0v) is 17.8. The number of carbonyl (C=O) groups excluding carboxylic acids is 2. The normalized spacial score (nSPS) is 10.8. The Morgan fingerprint density at radius 2 is 1.79 bits per heavy atom. The number of hydrogen-bond donors (Lipinski definition) is 1. The maximum atomic E-state index is 12.5. The maximum absolute atomic E-state index is 12.5. The lowest BCUT2D eigenvalue weighted by molar-refractivity contribution is 0.0531. The molecule has 0 aliphatic rings. The van der Waals surface area contributed by atoms with Gasteiger partial charge in [-0.15, -0.1) is 11.3 Å². The number of esters is 1. The van der Waals surface area contributed by atoms with E-state index in [1.54, 1.807) is 24.0 Å². The molecule has 3 aromatic rings. The number of amides is 1. The van der Waals surface area contributed by atoms with Crippen molar-refractivity contribution in [2.24, 2.45) is 0 Å². The van der Waals surface area contributed by atoms with E-state index < -0.39 is 0 Å². The zero-order valence-electron chi connectivity index (χ0n) is 17.0. The molecule has 2 aromatic heterocycles. The second-order valence-electron chi connectivity index (χ2n) is 6.36. The summed E-state index contributed by atoms with van der Waals surface area (Å²) in [7, 11) is 0. The quantitative estimate of drug-likeness (QED) is 0.579. The van der Waals surface area contributed by atoms with Crippen LogP contribution in [0.25, 0.3) is 10.2 Å². The molecule has 3 rings (SSSR count). The molecule has 0 radical (unpaired) electrons. The lowest BCUT2D eigenvalue weighted by Gasteiger charge is -2.18. The number of benzene rings is 1. The molecule has 0 unspecified atom stereocenters. The van der Waals surface area contributed by atoms with Crippen molar-refractivity contribution < 1.29 is 14.3 Å². The van der Waals surface area contributed by atoms with E-state index in [0.29, 0.717) is 36.0 Å². The Kier molecular flexibility index (Phi) is 6.43. The van der Waals surface area contributed by atoms with Gasteiger partial charge in [0.1, 0.15) is 21.9 Å². The molecule has 2 heterocycles. The van der Waals surface area contributed by atoms with Gasteiger partial charge < -0.3 is 15.0 Å². The smallest absolute Gasteiger partial charge is 0.348 e. The number of nitrogens with one attached hydrogen (secondary N) is 1. The summed E-state index contributed by atoms with van der Waals surface area (Å²) in [5.41, 5.74) is 2.23. The first-order valence-electron chi connectivity index (χ1n) is 9.57. The minimum atomic E-state index is -0.349. The molecular formula is C21H24N4O3S. The summed E-state index contributed by atoms with van der Waals surface area (Å²) < 4.78 is 5.14. The van der Waals surface area contributed by atoms with Crippen LogP contribution in [0.2, 0.25) is 0 Å². The van der Waals surface area contributed by atoms with Gasteiger partial charge in [0, 0.05) is 24.3 Å². The van der Waals surface area contributed by atoms with Crippen LogP contribution in [0, 0.1) is 6.92 Å². The first-order valence-corrected chi connectivity index (χ1v) is 10.4. The van der Waals surface area contributed by atoms with Gasteiger partial charge in [-0.25, -0.2) is 14.8 Å². The molecule has 0 spiro atoms. The van der Waals surface area contributed by atoms with E-state index in [2.05, 4.69) is 15.3 Å². The Morgan fingerprint density at radius 3 is 2.41 bits per heavy atom. The third kappa shape index (κ3) is 4.22. The number of aromatic nitrogens is 2. The second kappa shape index (κ2) is 9.00. The van der Waals surface area contributed by atoms with Gasteiger partial charge in [0.05, 0.1) is 12.0 Å². The van der Waals surface area contributed by atoms with Crippen LogP contribution in [0.1, 0.15) is 46.4 Å². The first-order chi connectivity index (χ1) is 14.0. The number of nitrogens with zero attached hydrogens (tertiary/aromatic N) is 3. The van der Waals surface area contributed by atoms with Crippen LogP contribution < -0.4 is 5.32 Å². The molecule has 7 nitrogen and oxygen atoms in total. The molecule has 29 heavy (non-hydrogen) atoms. The van der Waals surface area contributed by atoms with Crippen molar-refractivity contribution >= 4 is 44.9 Å². The number of aryl methyl sites for hydroxylation is 1. The molecule has 8 heteroatoms. The Bertz CT molecular complexity index is 1030. The Labute approximate surface area is 173 Å². The summed E-state index contributed by atoms with van der Waals surface area (Å²) in [5.74, 6) is 0.277. The van der Waals surface area contributed by atoms with E-state index in [1.165, 1.54) is 17.7 Å². The van der Waals surface area contributed by atoms with Gasteiger partial charge in [-0.05, 0) is 57.5 Å². The Hall–Kier alpha value is -3.00. The van der Waals surface area contributed by atoms with Gasteiger partial charge in [0.2, 0.25) is 0 Å². The van der Waals surface area contributed by atoms with E-state index in [9.17, 15) is 9.59 Å². The van der Waals surface area contributed by atoms with Crippen LogP contribution in [0.5, 0.6) is 0 Å². The highest BCUT2D eigenvalue weighted by molar-refractivity contribution is 7.20. The highest BCUT2D eigenvalue weighted by Gasteiger charge is 2.20. The fraction of sp³-hybridized carbons (Fsp3) is 0.333. The summed E-state index contributed by atoms with van der Waals surface area (Å²) in [6.45, 7) is 9.25. The van der Waals surface area contributed by atoms with E-state index in [0.717, 1.165) is 21.5 Å². The molecule has 0 fully saturated rings. The maximum Gasteiger partial charge on any atom is 0.348 e. The highest BCUT2D eigenvalue weighted by Crippen LogP contribution is 2.34. The number of hydrogen-bond acceptors (Lipinski definition) is 7. The summed E-state index contributed by atoms with van der Waals surface area (Å²) >= 11 is 1.30. The van der Waals surface area contributed by atoms with Crippen molar-refractivity contribution in [3.05, 3.63) is 46.6 Å². The van der Waals surface area contributed by atoms with Gasteiger partial charge in [0.15, 0.2) is 0 Å². The van der Waals surface area contributed by atoms with Crippen LogP contribution >= 0.6 is 11.3 Å². The predicted octanol–water partition coefficient (Wildman–Crippen LogP) is 4.40. The van der Waals surface area contributed by atoms with Gasteiger partial charge >= 0.3 is 5.97 Å². The topological polar surface area (TPSA) is 84.4 Å². The molecule has 152 valence electrons. The molecule has 1 amide bonds. The minimum absolute atomic E-state index is 0.0127. The molecule has 0 atom stereocenters. The van der Waals surface area contributed by atoms with Crippen molar-refractivity contribution in [3.63, 3.8) is 0 Å². The van der Waals surface area contributed by atoms with Crippen molar-refractivity contribution in [1.29, 1.82) is 0 Å². The highest BCUT2D eigenvalue weighted by atomic mass is 32.1. The molecular weight excluding hydrogens is 388 g/mol. The van der Waals surface area contributed by atoms with E-state index in [-0.39, 0.29) is 11.9 Å². The van der Waals surface area contributed by atoms with E-state index in [1.807, 2.05) is 32.9 Å². The number of fused-ring (bicyclic) bond motifs is 1. The standard InChI is InChI=1S/C21H24N4O3S/c1-5-25(6-2)20(26)14-8-10-15(11-9-14)24-18-16-13(4)17(21(27)28-7-3)29-19(16)23-12-22-18/h8-12H,5-7H2,1-4H3,(H,22,23,24). The van der Waals surface area contributed by atoms with Crippen molar-refractivity contribution in [3.8, 4) is 0 Å². The lowest BCUT2D eigenvalue weighted by atomic mass is 10.1. The van der Waals surface area contributed by atoms with Gasteiger partial charge in [-0.2, -0.15) is 0 Å². The number of ether oxygens (including phenoxy) is 1. The molecule has 0 saturated heterocycles. The van der Waals surface area contributed by atoms with Crippen LogP contribution in [0.3, 0.4) is 0 Å². The fourth-order valence-electron chi connectivity index (χ4n) is 3.08. The average Bonchev–Trinajstić information content (AvgIpc) is 3.07. The average molecular weight is 413 g/mol. The van der Waals surface area contributed by atoms with Crippen molar-refractivity contribution in [1.82, 2.24) is 14.9 Å². The number of thiophene rings is 1. The number of anilines is 2. The third-order valence-electron chi connectivity index (χ3n) is 4.63.